The molecule has 1 aromatic carbocycles. The van der Waals surface area contributed by atoms with Crippen LogP contribution in [0.4, 0.5) is 15.8 Å². The summed E-state index contributed by atoms with van der Waals surface area (Å²) in [6, 6.07) is 4.10. The summed E-state index contributed by atoms with van der Waals surface area (Å²) >= 11 is 0. The van der Waals surface area contributed by atoms with Gasteiger partial charge in [0, 0.05) is 12.6 Å². The number of carbonyl (C=O) groups is 1. The highest BCUT2D eigenvalue weighted by Crippen LogP contribution is 2.19. The maximum absolute atomic E-state index is 13.0. The third-order valence-electron chi connectivity index (χ3n) is 3.48. The van der Waals surface area contributed by atoms with Gasteiger partial charge in [0.2, 0.25) is 5.91 Å². The Balaban J connectivity index is 2.69. The summed E-state index contributed by atoms with van der Waals surface area (Å²) in [6.45, 7) is 4.72. The van der Waals surface area contributed by atoms with Crippen molar-refractivity contribution in [2.75, 3.05) is 30.7 Å². The van der Waals surface area contributed by atoms with E-state index in [1.54, 1.807) is 0 Å². The summed E-state index contributed by atoms with van der Waals surface area (Å²) in [4.78, 5) is 14.0. The van der Waals surface area contributed by atoms with E-state index in [1.807, 2.05) is 4.90 Å². The van der Waals surface area contributed by atoms with Gasteiger partial charge in [-0.3, -0.25) is 9.69 Å². The van der Waals surface area contributed by atoms with Gasteiger partial charge in [-0.1, -0.05) is 13.8 Å². The summed E-state index contributed by atoms with van der Waals surface area (Å²) < 4.78 is 13.0. The third kappa shape index (κ3) is 5.32. The molecule has 0 heterocycles. The molecule has 1 rings (SSSR count). The van der Waals surface area contributed by atoms with Gasteiger partial charge >= 0.3 is 0 Å². The number of nitrogen functional groups attached to an aromatic ring is 1. The lowest BCUT2D eigenvalue weighted by molar-refractivity contribution is -0.118. The Morgan fingerprint density at radius 3 is 2.62 bits per heavy atom. The van der Waals surface area contributed by atoms with Crippen LogP contribution in [-0.4, -0.2) is 41.7 Å². The molecule has 0 atom stereocenters. The van der Waals surface area contributed by atoms with E-state index in [1.165, 1.54) is 18.2 Å². The number of halogens is 1. The minimum absolute atomic E-state index is 0.00245. The second-order valence-electron chi connectivity index (χ2n) is 4.94. The predicted octanol–water partition coefficient (Wildman–Crippen LogP) is 1.83. The fraction of sp³-hybridized carbons (Fsp3) is 0.533. The zero-order valence-electron chi connectivity index (χ0n) is 12.6. The smallest absolute Gasteiger partial charge is 0.238 e. The molecule has 0 saturated carbocycles. The molecule has 0 spiro atoms. The van der Waals surface area contributed by atoms with Crippen molar-refractivity contribution in [2.24, 2.45) is 0 Å². The van der Waals surface area contributed by atoms with Crippen LogP contribution in [0, 0.1) is 5.82 Å². The Hall–Kier alpha value is -1.66. The molecule has 0 radical (unpaired) electrons. The molecular formula is C15H24FN3O2. The Kier molecular flexibility index (Phi) is 7.11. The van der Waals surface area contributed by atoms with Gasteiger partial charge in [-0.05, 0) is 31.0 Å². The van der Waals surface area contributed by atoms with Gasteiger partial charge in [-0.15, -0.1) is 0 Å². The first-order valence-corrected chi connectivity index (χ1v) is 7.21. The third-order valence-corrected chi connectivity index (χ3v) is 3.48. The normalized spacial score (nSPS) is 11.1. The molecule has 118 valence electrons. The number of aliphatic hydroxyl groups is 1. The summed E-state index contributed by atoms with van der Waals surface area (Å²) in [7, 11) is 0. The first kappa shape index (κ1) is 17.4. The highest BCUT2D eigenvalue weighted by Gasteiger charge is 2.18. The monoisotopic (exact) mass is 297 g/mol. The Morgan fingerprint density at radius 1 is 1.43 bits per heavy atom. The molecule has 0 bridgehead atoms. The Bertz CT molecular complexity index is 464. The SMILES string of the molecule is CCC(CC)N(CCO)CC(=O)Nc1ccc(F)cc1N. The molecule has 5 nitrogen and oxygen atoms in total. The molecule has 1 amide bonds. The highest BCUT2D eigenvalue weighted by atomic mass is 19.1. The van der Waals surface area contributed by atoms with Crippen molar-refractivity contribution in [1.29, 1.82) is 0 Å². The first-order chi connectivity index (χ1) is 10.0. The Morgan fingerprint density at radius 2 is 2.10 bits per heavy atom. The van der Waals surface area contributed by atoms with Crippen molar-refractivity contribution < 1.29 is 14.3 Å². The van der Waals surface area contributed by atoms with E-state index >= 15 is 0 Å². The average molecular weight is 297 g/mol. The molecule has 0 aliphatic heterocycles. The zero-order chi connectivity index (χ0) is 15.8. The van der Waals surface area contributed by atoms with Gasteiger partial charge < -0.3 is 16.2 Å². The van der Waals surface area contributed by atoms with Crippen molar-refractivity contribution in [2.45, 2.75) is 32.7 Å². The van der Waals surface area contributed by atoms with E-state index in [2.05, 4.69) is 19.2 Å². The van der Waals surface area contributed by atoms with Crippen molar-refractivity contribution >= 4 is 17.3 Å². The standard InChI is InChI=1S/C15H24FN3O2/c1-3-12(4-2)19(7-8-20)10-15(21)18-14-6-5-11(16)9-13(14)17/h5-6,9,12,20H,3-4,7-8,10,17H2,1-2H3,(H,18,21). The number of nitrogens with two attached hydrogens (primary N) is 1. The van der Waals surface area contributed by atoms with Gasteiger partial charge in [-0.2, -0.15) is 0 Å². The van der Waals surface area contributed by atoms with Crippen LogP contribution in [0.2, 0.25) is 0 Å². The van der Waals surface area contributed by atoms with Crippen LogP contribution in [0.25, 0.3) is 0 Å². The van der Waals surface area contributed by atoms with Gasteiger partial charge in [0.15, 0.2) is 0 Å². The number of anilines is 2. The minimum Gasteiger partial charge on any atom is -0.397 e. The number of amides is 1. The van der Waals surface area contributed by atoms with Gasteiger partial charge in [0.05, 0.1) is 24.5 Å². The molecule has 21 heavy (non-hydrogen) atoms. The number of rotatable bonds is 8. The molecule has 0 aliphatic carbocycles. The van der Waals surface area contributed by atoms with E-state index in [-0.39, 0.29) is 30.8 Å². The molecule has 1 aromatic rings. The summed E-state index contributed by atoms with van der Waals surface area (Å²) in [5.74, 6) is -0.668. The molecule has 0 fully saturated rings. The van der Waals surface area contributed by atoms with E-state index < -0.39 is 5.82 Å². The summed E-state index contributed by atoms with van der Waals surface area (Å²) in [5, 5.41) is 11.8. The van der Waals surface area contributed by atoms with Crippen LogP contribution in [0.1, 0.15) is 26.7 Å². The fourth-order valence-corrected chi connectivity index (χ4v) is 2.35. The zero-order valence-corrected chi connectivity index (χ0v) is 12.6. The number of nitrogens with one attached hydrogen (secondary N) is 1. The fourth-order valence-electron chi connectivity index (χ4n) is 2.35. The quantitative estimate of drug-likeness (QED) is 0.640. The van der Waals surface area contributed by atoms with Crippen LogP contribution in [0.15, 0.2) is 18.2 Å². The molecular weight excluding hydrogens is 273 g/mol. The molecule has 0 aliphatic rings. The molecule has 0 unspecified atom stereocenters. The number of hydrogen-bond donors (Lipinski definition) is 3. The van der Waals surface area contributed by atoms with E-state index in [0.717, 1.165) is 12.8 Å². The van der Waals surface area contributed by atoms with Crippen molar-refractivity contribution in [3.8, 4) is 0 Å². The van der Waals surface area contributed by atoms with Crippen LogP contribution in [-0.2, 0) is 4.79 Å². The largest absolute Gasteiger partial charge is 0.397 e. The number of nitrogens with zero attached hydrogens (tertiary/aromatic N) is 1. The number of benzene rings is 1. The Labute approximate surface area is 124 Å². The van der Waals surface area contributed by atoms with E-state index in [9.17, 15) is 9.18 Å². The lowest BCUT2D eigenvalue weighted by atomic mass is 10.1. The topological polar surface area (TPSA) is 78.6 Å². The summed E-state index contributed by atoms with van der Waals surface area (Å²) in [5.41, 5.74) is 6.26. The van der Waals surface area contributed by atoms with Crippen molar-refractivity contribution in [3.63, 3.8) is 0 Å². The maximum atomic E-state index is 13.0. The van der Waals surface area contributed by atoms with Gasteiger partial charge in [-0.25, -0.2) is 4.39 Å². The lowest BCUT2D eigenvalue weighted by Gasteiger charge is -2.29. The number of hydrogen-bond acceptors (Lipinski definition) is 4. The van der Waals surface area contributed by atoms with E-state index in [0.29, 0.717) is 12.2 Å². The van der Waals surface area contributed by atoms with E-state index in [4.69, 9.17) is 10.8 Å². The molecule has 0 aromatic heterocycles. The molecule has 6 heteroatoms. The minimum atomic E-state index is -0.440. The van der Waals surface area contributed by atoms with Crippen LogP contribution in [0.5, 0.6) is 0 Å². The van der Waals surface area contributed by atoms with Crippen LogP contribution in [0.3, 0.4) is 0 Å². The highest BCUT2D eigenvalue weighted by molar-refractivity contribution is 5.95. The second kappa shape index (κ2) is 8.59. The van der Waals surface area contributed by atoms with Gasteiger partial charge in [0.1, 0.15) is 5.82 Å². The number of carbonyl (C=O) groups excluding carboxylic acids is 1. The first-order valence-electron chi connectivity index (χ1n) is 7.21. The summed E-state index contributed by atoms with van der Waals surface area (Å²) in [6.07, 6.45) is 1.81. The average Bonchev–Trinajstić information content (AvgIpc) is 2.43. The maximum Gasteiger partial charge on any atom is 0.238 e. The lowest BCUT2D eigenvalue weighted by Crippen LogP contribution is -2.42. The van der Waals surface area contributed by atoms with Crippen molar-refractivity contribution in [1.82, 2.24) is 4.90 Å². The molecule has 4 N–H and O–H groups in total. The second-order valence-corrected chi connectivity index (χ2v) is 4.94. The van der Waals surface area contributed by atoms with Crippen LogP contribution >= 0.6 is 0 Å². The predicted molar refractivity (Wildman–Crippen MR) is 82.5 cm³/mol. The van der Waals surface area contributed by atoms with Gasteiger partial charge in [0.25, 0.3) is 0 Å². The number of aliphatic hydroxyl groups excluding tert-OH is 1. The molecule has 0 saturated heterocycles. The van der Waals surface area contributed by atoms with Crippen molar-refractivity contribution in [3.05, 3.63) is 24.0 Å². The van der Waals surface area contributed by atoms with Crippen LogP contribution < -0.4 is 11.1 Å².